The van der Waals surface area contributed by atoms with Crippen LogP contribution in [0.5, 0.6) is 0 Å². The second-order valence-corrected chi connectivity index (χ2v) is 8.58. The monoisotopic (exact) mass is 328 g/mol. The normalized spacial score (nSPS) is 12.9. The van der Waals surface area contributed by atoms with E-state index in [-0.39, 0.29) is 25.2 Å². The van der Waals surface area contributed by atoms with Crippen molar-refractivity contribution in [2.24, 2.45) is 16.2 Å². The highest BCUT2D eigenvalue weighted by Crippen LogP contribution is 2.28. The van der Waals surface area contributed by atoms with E-state index < -0.39 is 16.2 Å². The molecule has 4 heteroatoms. The van der Waals surface area contributed by atoms with Gasteiger partial charge in [-0.05, 0) is 40.5 Å². The summed E-state index contributed by atoms with van der Waals surface area (Å²) in [4.78, 5) is 24.3. The van der Waals surface area contributed by atoms with Crippen LogP contribution in [0.1, 0.15) is 81.1 Å². The van der Waals surface area contributed by atoms with Gasteiger partial charge in [0.2, 0.25) is 0 Å². The highest BCUT2D eigenvalue weighted by molar-refractivity contribution is 5.76. The number of carbonyl (C=O) groups is 2. The molecule has 0 aromatic heterocycles. The van der Waals surface area contributed by atoms with Crippen LogP contribution >= 0.6 is 0 Å². The van der Waals surface area contributed by atoms with Crippen LogP contribution < -0.4 is 0 Å². The average molecular weight is 328 g/mol. The first-order valence-electron chi connectivity index (χ1n) is 8.72. The van der Waals surface area contributed by atoms with E-state index in [0.29, 0.717) is 0 Å². The largest absolute Gasteiger partial charge is 0.465 e. The number of carbonyl (C=O) groups excluding carboxylic acids is 2. The van der Waals surface area contributed by atoms with Crippen LogP contribution in [-0.2, 0) is 19.1 Å². The molecule has 0 aliphatic heterocycles. The summed E-state index contributed by atoms with van der Waals surface area (Å²) in [6.45, 7) is 16.1. The first kappa shape index (κ1) is 21.9. The molecule has 0 bridgehead atoms. The number of hydrogen-bond donors (Lipinski definition) is 0. The maximum absolute atomic E-state index is 12.2. The lowest BCUT2D eigenvalue weighted by molar-refractivity contribution is -0.163. The van der Waals surface area contributed by atoms with Crippen molar-refractivity contribution < 1.29 is 19.1 Å². The van der Waals surface area contributed by atoms with Crippen LogP contribution in [0.2, 0.25) is 0 Å². The molecule has 136 valence electrons. The van der Waals surface area contributed by atoms with Gasteiger partial charge in [0.1, 0.15) is 0 Å². The Hall–Kier alpha value is -1.06. The molecule has 0 aliphatic carbocycles. The highest BCUT2D eigenvalue weighted by Gasteiger charge is 2.33. The smallest absolute Gasteiger partial charge is 0.311 e. The van der Waals surface area contributed by atoms with Crippen molar-refractivity contribution in [1.82, 2.24) is 0 Å². The predicted octanol–water partition coefficient (Wildman–Crippen LogP) is 4.75. The van der Waals surface area contributed by atoms with E-state index in [9.17, 15) is 9.59 Å². The minimum absolute atomic E-state index is 0.190. The summed E-state index contributed by atoms with van der Waals surface area (Å²) in [7, 11) is 0. The fourth-order valence-electron chi connectivity index (χ4n) is 2.41. The first-order valence-corrected chi connectivity index (χ1v) is 8.72. The maximum Gasteiger partial charge on any atom is 0.311 e. The molecule has 0 aromatic rings. The quantitative estimate of drug-likeness (QED) is 0.543. The van der Waals surface area contributed by atoms with Gasteiger partial charge >= 0.3 is 11.9 Å². The molecule has 0 fully saturated rings. The Morgan fingerprint density at radius 3 is 1.26 bits per heavy atom. The SMILES string of the molecule is CCCC(C)(C)C(=O)OCC(C)(C)COC(=O)C(C)(C)CCC. The molecule has 0 rings (SSSR count). The zero-order valence-electron chi connectivity index (χ0n) is 16.4. The second-order valence-electron chi connectivity index (χ2n) is 8.58. The van der Waals surface area contributed by atoms with E-state index >= 15 is 0 Å². The Balaban J connectivity index is 4.45. The lowest BCUT2D eigenvalue weighted by Gasteiger charge is -2.29. The van der Waals surface area contributed by atoms with Gasteiger partial charge in [-0.25, -0.2) is 0 Å². The molecule has 0 aliphatic rings. The minimum Gasteiger partial charge on any atom is -0.465 e. The predicted molar refractivity (Wildman–Crippen MR) is 93.1 cm³/mol. The summed E-state index contributed by atoms with van der Waals surface area (Å²) in [5.74, 6) is -0.380. The summed E-state index contributed by atoms with van der Waals surface area (Å²) in [6, 6.07) is 0. The zero-order chi connectivity index (χ0) is 18.3. The molecule has 0 atom stereocenters. The molecular formula is C19H36O4. The van der Waals surface area contributed by atoms with Gasteiger partial charge in [-0.15, -0.1) is 0 Å². The summed E-state index contributed by atoms with van der Waals surface area (Å²) in [6.07, 6.45) is 3.48. The third-order valence-corrected chi connectivity index (χ3v) is 4.04. The van der Waals surface area contributed by atoms with Gasteiger partial charge in [0.05, 0.1) is 24.0 Å². The number of ether oxygens (including phenoxy) is 2. The molecule has 0 heterocycles. The Morgan fingerprint density at radius 2 is 1.00 bits per heavy atom. The van der Waals surface area contributed by atoms with Gasteiger partial charge in [0.25, 0.3) is 0 Å². The molecular weight excluding hydrogens is 292 g/mol. The van der Waals surface area contributed by atoms with Gasteiger partial charge in [-0.1, -0.05) is 40.5 Å². The average Bonchev–Trinajstić information content (AvgIpc) is 2.42. The molecule has 0 saturated heterocycles. The van der Waals surface area contributed by atoms with E-state index in [0.717, 1.165) is 25.7 Å². The Labute approximate surface area is 142 Å². The third-order valence-electron chi connectivity index (χ3n) is 4.04. The molecule has 0 N–H and O–H groups in total. The van der Waals surface area contributed by atoms with Gasteiger partial charge < -0.3 is 9.47 Å². The van der Waals surface area contributed by atoms with Crippen LogP contribution in [0.15, 0.2) is 0 Å². The third kappa shape index (κ3) is 7.85. The number of rotatable bonds is 10. The van der Waals surface area contributed by atoms with E-state index in [1.165, 1.54) is 0 Å². The molecule has 0 amide bonds. The van der Waals surface area contributed by atoms with Gasteiger partial charge in [-0.2, -0.15) is 0 Å². The summed E-state index contributed by atoms with van der Waals surface area (Å²) in [5, 5.41) is 0. The molecule has 0 spiro atoms. The molecule has 0 unspecified atom stereocenters. The maximum atomic E-state index is 12.2. The topological polar surface area (TPSA) is 52.6 Å². The van der Waals surface area contributed by atoms with E-state index in [1.807, 2.05) is 41.5 Å². The fraction of sp³-hybridized carbons (Fsp3) is 0.895. The van der Waals surface area contributed by atoms with Crippen molar-refractivity contribution >= 4 is 11.9 Å². The summed E-state index contributed by atoms with van der Waals surface area (Å²) < 4.78 is 10.9. The lowest BCUT2D eigenvalue weighted by Crippen LogP contribution is -2.35. The standard InChI is InChI=1S/C19H36O4/c1-9-11-18(5,6)15(20)22-13-17(3,4)14-23-16(21)19(7,8)12-10-2/h9-14H2,1-8H3. The van der Waals surface area contributed by atoms with Crippen molar-refractivity contribution in [2.75, 3.05) is 13.2 Å². The lowest BCUT2D eigenvalue weighted by atomic mass is 9.87. The molecule has 0 aromatic carbocycles. The van der Waals surface area contributed by atoms with Crippen LogP contribution in [0.4, 0.5) is 0 Å². The van der Waals surface area contributed by atoms with Crippen LogP contribution in [0.25, 0.3) is 0 Å². The van der Waals surface area contributed by atoms with Crippen LogP contribution in [0.3, 0.4) is 0 Å². The highest BCUT2D eigenvalue weighted by atomic mass is 16.5. The Bertz CT molecular complexity index is 358. The fourth-order valence-corrected chi connectivity index (χ4v) is 2.41. The van der Waals surface area contributed by atoms with Gasteiger partial charge in [-0.3, -0.25) is 9.59 Å². The Morgan fingerprint density at radius 1 is 0.696 bits per heavy atom. The van der Waals surface area contributed by atoms with Crippen molar-refractivity contribution in [1.29, 1.82) is 0 Å². The molecule has 0 radical (unpaired) electrons. The van der Waals surface area contributed by atoms with Crippen LogP contribution in [-0.4, -0.2) is 25.2 Å². The van der Waals surface area contributed by atoms with Crippen LogP contribution in [0, 0.1) is 16.2 Å². The van der Waals surface area contributed by atoms with Gasteiger partial charge in [0.15, 0.2) is 0 Å². The van der Waals surface area contributed by atoms with E-state index in [2.05, 4.69) is 13.8 Å². The van der Waals surface area contributed by atoms with E-state index in [4.69, 9.17) is 9.47 Å². The summed E-state index contributed by atoms with van der Waals surface area (Å²) >= 11 is 0. The van der Waals surface area contributed by atoms with Crippen molar-refractivity contribution in [2.45, 2.75) is 81.1 Å². The van der Waals surface area contributed by atoms with E-state index in [1.54, 1.807) is 0 Å². The van der Waals surface area contributed by atoms with Crippen molar-refractivity contribution in [3.8, 4) is 0 Å². The van der Waals surface area contributed by atoms with Gasteiger partial charge in [0, 0.05) is 5.41 Å². The minimum atomic E-state index is -0.468. The number of esters is 2. The first-order chi connectivity index (χ1) is 10.4. The zero-order valence-corrected chi connectivity index (χ0v) is 16.4. The Kier molecular flexibility index (Phi) is 8.30. The second kappa shape index (κ2) is 8.70. The molecule has 23 heavy (non-hydrogen) atoms. The number of hydrogen-bond acceptors (Lipinski definition) is 4. The molecule has 4 nitrogen and oxygen atoms in total. The van der Waals surface area contributed by atoms with Crippen molar-refractivity contribution in [3.63, 3.8) is 0 Å². The molecule has 0 saturated carbocycles. The summed E-state index contributed by atoms with van der Waals surface area (Å²) in [5.41, 5.74) is -1.33. The van der Waals surface area contributed by atoms with Crippen molar-refractivity contribution in [3.05, 3.63) is 0 Å².